The van der Waals surface area contributed by atoms with Crippen molar-refractivity contribution in [3.05, 3.63) is 57.2 Å². The zero-order valence-electron chi connectivity index (χ0n) is 11.8. The van der Waals surface area contributed by atoms with Gasteiger partial charge in [0.15, 0.2) is 6.61 Å². The van der Waals surface area contributed by atoms with Gasteiger partial charge in [0.2, 0.25) is 0 Å². The fourth-order valence-electron chi connectivity index (χ4n) is 1.86. The second-order valence-corrected chi connectivity index (χ2v) is 5.80. The summed E-state index contributed by atoms with van der Waals surface area (Å²) in [6.45, 7) is 1.45. The molecule has 0 atom stereocenters. The number of carbonyl (C=O) groups is 2. The third-order valence-corrected chi connectivity index (χ3v) is 3.73. The van der Waals surface area contributed by atoms with Crippen molar-refractivity contribution in [2.75, 3.05) is 11.9 Å². The number of benzene rings is 2. The first kappa shape index (κ1) is 16.3. The van der Waals surface area contributed by atoms with E-state index in [1.807, 2.05) is 12.1 Å². The van der Waals surface area contributed by atoms with Gasteiger partial charge in [-0.3, -0.25) is 4.79 Å². The zero-order valence-corrected chi connectivity index (χ0v) is 13.9. The maximum atomic E-state index is 11.9. The van der Waals surface area contributed by atoms with E-state index in [-0.39, 0.29) is 18.1 Å². The molecule has 5 nitrogen and oxygen atoms in total. The van der Waals surface area contributed by atoms with Crippen LogP contribution in [-0.2, 0) is 4.79 Å². The zero-order chi connectivity index (χ0) is 16.1. The van der Waals surface area contributed by atoms with Crippen LogP contribution in [0.3, 0.4) is 0 Å². The van der Waals surface area contributed by atoms with Crippen LogP contribution in [-0.4, -0.2) is 18.5 Å². The van der Waals surface area contributed by atoms with Gasteiger partial charge in [-0.15, -0.1) is 0 Å². The van der Waals surface area contributed by atoms with E-state index in [1.54, 1.807) is 31.2 Å². The lowest BCUT2D eigenvalue weighted by atomic mass is 10.1. The first-order valence-electron chi connectivity index (χ1n) is 6.46. The predicted octanol–water partition coefficient (Wildman–Crippen LogP) is 1.98. The highest BCUT2D eigenvalue weighted by molar-refractivity contribution is 14.1. The summed E-state index contributed by atoms with van der Waals surface area (Å²) in [4.78, 5) is 22.8. The lowest BCUT2D eigenvalue weighted by Crippen LogP contribution is -2.25. The first-order valence-corrected chi connectivity index (χ1v) is 7.54. The summed E-state index contributed by atoms with van der Waals surface area (Å²) in [5, 5.41) is 13.6. The fourth-order valence-corrected chi connectivity index (χ4v) is 2.22. The van der Waals surface area contributed by atoms with Crippen LogP contribution in [0.15, 0.2) is 42.5 Å². The Bertz CT molecular complexity index is 698. The van der Waals surface area contributed by atoms with Gasteiger partial charge in [-0.1, -0.05) is 12.1 Å². The number of carbonyl (C=O) groups excluding carboxylic acids is 2. The van der Waals surface area contributed by atoms with E-state index in [9.17, 15) is 14.7 Å². The molecule has 0 aliphatic heterocycles. The number of carboxylic acid groups (broad SMARTS) is 1. The summed E-state index contributed by atoms with van der Waals surface area (Å²) in [7, 11) is 0. The minimum Gasteiger partial charge on any atom is -0.545 e. The molecule has 114 valence electrons. The molecule has 1 N–H and O–H groups in total. The van der Waals surface area contributed by atoms with Gasteiger partial charge in [0, 0.05) is 14.8 Å². The number of anilines is 1. The van der Waals surface area contributed by atoms with Gasteiger partial charge in [-0.05, 0) is 65.4 Å². The molecule has 0 saturated heterocycles. The number of hydrogen-bond acceptors (Lipinski definition) is 4. The normalized spacial score (nSPS) is 10.1. The van der Waals surface area contributed by atoms with E-state index in [4.69, 9.17) is 4.74 Å². The molecule has 2 aromatic rings. The van der Waals surface area contributed by atoms with Gasteiger partial charge in [-0.25, -0.2) is 0 Å². The molecule has 6 heteroatoms. The number of rotatable bonds is 5. The molecule has 0 aliphatic carbocycles. The summed E-state index contributed by atoms with van der Waals surface area (Å²) in [5.74, 6) is -1.04. The summed E-state index contributed by atoms with van der Waals surface area (Å²) in [6.07, 6.45) is 0. The molecule has 0 bridgehead atoms. The van der Waals surface area contributed by atoms with Crippen molar-refractivity contribution < 1.29 is 19.4 Å². The van der Waals surface area contributed by atoms with E-state index in [1.165, 1.54) is 6.07 Å². The minimum absolute atomic E-state index is 0.0522. The second kappa shape index (κ2) is 7.26. The highest BCUT2D eigenvalue weighted by atomic mass is 127. The molecule has 0 aromatic heterocycles. The lowest BCUT2D eigenvalue weighted by molar-refractivity contribution is -0.255. The number of carboxylic acids is 1. The van der Waals surface area contributed by atoms with Gasteiger partial charge >= 0.3 is 0 Å². The Morgan fingerprint density at radius 2 is 1.86 bits per heavy atom. The van der Waals surface area contributed by atoms with E-state index in [0.29, 0.717) is 17.0 Å². The van der Waals surface area contributed by atoms with Gasteiger partial charge in [0.1, 0.15) is 5.75 Å². The molecule has 0 fully saturated rings. The van der Waals surface area contributed by atoms with E-state index < -0.39 is 5.97 Å². The molecule has 0 saturated carbocycles. The van der Waals surface area contributed by atoms with Crippen molar-refractivity contribution in [1.29, 1.82) is 0 Å². The van der Waals surface area contributed by atoms with Crippen LogP contribution in [0.5, 0.6) is 5.75 Å². The summed E-state index contributed by atoms with van der Waals surface area (Å²) >= 11 is 2.18. The van der Waals surface area contributed by atoms with Crippen molar-refractivity contribution in [3.8, 4) is 5.75 Å². The van der Waals surface area contributed by atoms with E-state index >= 15 is 0 Å². The SMILES string of the molecule is Cc1c(NC(=O)COc2ccc(I)cc2)cccc1C(=O)[O-]. The average molecular weight is 410 g/mol. The molecule has 0 heterocycles. The van der Waals surface area contributed by atoms with E-state index in [2.05, 4.69) is 27.9 Å². The van der Waals surface area contributed by atoms with Crippen molar-refractivity contribution in [3.63, 3.8) is 0 Å². The van der Waals surface area contributed by atoms with E-state index in [0.717, 1.165) is 3.57 Å². The van der Waals surface area contributed by atoms with Crippen molar-refractivity contribution in [1.82, 2.24) is 0 Å². The predicted molar refractivity (Wildman–Crippen MR) is 88.8 cm³/mol. The fraction of sp³-hybridized carbons (Fsp3) is 0.125. The average Bonchev–Trinajstić information content (AvgIpc) is 2.48. The van der Waals surface area contributed by atoms with Crippen molar-refractivity contribution in [2.24, 2.45) is 0 Å². The van der Waals surface area contributed by atoms with Crippen LogP contribution in [0.1, 0.15) is 15.9 Å². The van der Waals surface area contributed by atoms with Crippen LogP contribution >= 0.6 is 22.6 Å². The van der Waals surface area contributed by atoms with Crippen LogP contribution in [0.4, 0.5) is 5.69 Å². The molecule has 22 heavy (non-hydrogen) atoms. The van der Waals surface area contributed by atoms with Gasteiger partial charge in [0.05, 0.1) is 5.97 Å². The van der Waals surface area contributed by atoms with Crippen LogP contribution < -0.4 is 15.2 Å². The molecule has 0 spiro atoms. The smallest absolute Gasteiger partial charge is 0.262 e. The number of aromatic carboxylic acids is 1. The monoisotopic (exact) mass is 410 g/mol. The van der Waals surface area contributed by atoms with Gasteiger partial charge in [-0.2, -0.15) is 0 Å². The summed E-state index contributed by atoms with van der Waals surface area (Å²) in [5.41, 5.74) is 0.930. The molecule has 0 radical (unpaired) electrons. The van der Waals surface area contributed by atoms with Gasteiger partial charge < -0.3 is 20.0 Å². The molecular formula is C16H13INO4-. The minimum atomic E-state index is -1.27. The maximum absolute atomic E-state index is 11.9. The number of amides is 1. The topological polar surface area (TPSA) is 78.5 Å². The van der Waals surface area contributed by atoms with Crippen LogP contribution in [0.2, 0.25) is 0 Å². The third kappa shape index (κ3) is 4.20. The molecular weight excluding hydrogens is 397 g/mol. The molecule has 0 aliphatic rings. The standard InChI is InChI=1S/C16H14INO4/c1-10-13(16(20)21)3-2-4-14(10)18-15(19)9-22-12-7-5-11(17)6-8-12/h2-8H,9H2,1H3,(H,18,19)(H,20,21)/p-1. The Kier molecular flexibility index (Phi) is 5.37. The maximum Gasteiger partial charge on any atom is 0.262 e. The Morgan fingerprint density at radius 3 is 2.50 bits per heavy atom. The van der Waals surface area contributed by atoms with Crippen molar-refractivity contribution in [2.45, 2.75) is 6.92 Å². The van der Waals surface area contributed by atoms with Crippen LogP contribution in [0.25, 0.3) is 0 Å². The third-order valence-electron chi connectivity index (χ3n) is 3.01. The molecule has 2 rings (SSSR count). The number of halogens is 1. The van der Waals surface area contributed by atoms with Crippen LogP contribution in [0, 0.1) is 10.5 Å². The number of nitrogens with one attached hydrogen (secondary N) is 1. The Labute approximate surface area is 141 Å². The summed E-state index contributed by atoms with van der Waals surface area (Å²) < 4.78 is 6.44. The Morgan fingerprint density at radius 1 is 1.18 bits per heavy atom. The second-order valence-electron chi connectivity index (χ2n) is 4.56. The molecule has 0 unspecified atom stereocenters. The van der Waals surface area contributed by atoms with Crippen molar-refractivity contribution >= 4 is 40.2 Å². The Hall–Kier alpha value is -2.09. The molecule has 2 aromatic carbocycles. The van der Waals surface area contributed by atoms with Gasteiger partial charge in [0.25, 0.3) is 5.91 Å². The highest BCUT2D eigenvalue weighted by Crippen LogP contribution is 2.18. The highest BCUT2D eigenvalue weighted by Gasteiger charge is 2.09. The molecule has 1 amide bonds. The largest absolute Gasteiger partial charge is 0.545 e. The first-order chi connectivity index (χ1) is 10.5. The lowest BCUT2D eigenvalue weighted by Gasteiger charge is -2.13. The summed E-state index contributed by atoms with van der Waals surface area (Å²) in [6, 6.07) is 11.9. The number of ether oxygens (including phenoxy) is 1. The number of hydrogen-bond donors (Lipinski definition) is 1. The Balaban J connectivity index is 1.99. The quantitative estimate of drug-likeness (QED) is 0.765.